The molecule has 7 heteroatoms. The molecule has 1 aliphatic heterocycles. The summed E-state index contributed by atoms with van der Waals surface area (Å²) >= 11 is 0. The van der Waals surface area contributed by atoms with Crippen molar-refractivity contribution in [3.05, 3.63) is 88.5 Å². The number of aliphatic hydroxyl groups is 1. The zero-order chi connectivity index (χ0) is 24.6. The summed E-state index contributed by atoms with van der Waals surface area (Å²) in [5, 5.41) is 14.2. The topological polar surface area (TPSA) is 95.5 Å². The molecule has 0 aliphatic carbocycles. The number of hydrogen-bond acceptors (Lipinski definition) is 5. The number of aliphatic hydroxyl groups excluding tert-OH is 1. The maximum atomic E-state index is 13.0. The predicted octanol–water partition coefficient (Wildman–Crippen LogP) is 5.53. The van der Waals surface area contributed by atoms with E-state index < -0.39 is 16.1 Å². The molecule has 6 nitrogen and oxygen atoms in total. The van der Waals surface area contributed by atoms with Gasteiger partial charge < -0.3 is 10.4 Å². The zero-order valence-electron chi connectivity index (χ0n) is 19.8. The Morgan fingerprint density at radius 1 is 1.00 bits per heavy atom. The number of hydrogen-bond donors (Lipinski definition) is 3. The van der Waals surface area contributed by atoms with Gasteiger partial charge in [-0.3, -0.25) is 9.52 Å². The number of rotatable bonds is 6. The number of anilines is 2. The second-order valence-electron chi connectivity index (χ2n) is 9.24. The van der Waals surface area contributed by atoms with Crippen LogP contribution in [0.3, 0.4) is 0 Å². The molecule has 2 unspecified atom stereocenters. The number of sulfonamides is 1. The van der Waals surface area contributed by atoms with Crippen molar-refractivity contribution in [1.82, 2.24) is 0 Å². The van der Waals surface area contributed by atoms with E-state index in [9.17, 15) is 18.3 Å². The van der Waals surface area contributed by atoms with Crippen LogP contribution in [0.4, 0.5) is 11.4 Å². The highest BCUT2D eigenvalue weighted by Gasteiger charge is 2.28. The Kier molecular flexibility index (Phi) is 6.51. The van der Waals surface area contributed by atoms with Crippen molar-refractivity contribution in [2.75, 3.05) is 10.0 Å². The van der Waals surface area contributed by atoms with Gasteiger partial charge in [-0.25, -0.2) is 8.42 Å². The predicted molar refractivity (Wildman–Crippen MR) is 135 cm³/mol. The van der Waals surface area contributed by atoms with Crippen molar-refractivity contribution < 1.29 is 18.3 Å². The molecule has 0 spiro atoms. The minimum absolute atomic E-state index is 0.0673. The number of fused-ring (bicyclic) bond motifs is 1. The molecule has 1 aliphatic rings. The van der Waals surface area contributed by atoms with Gasteiger partial charge in [0.05, 0.1) is 17.0 Å². The molecule has 178 valence electrons. The van der Waals surface area contributed by atoms with Crippen LogP contribution in [-0.2, 0) is 10.0 Å². The van der Waals surface area contributed by atoms with Gasteiger partial charge in [0.15, 0.2) is 5.78 Å². The number of nitrogens with one attached hydrogen (secondary N) is 2. The van der Waals surface area contributed by atoms with Gasteiger partial charge in [-0.15, -0.1) is 0 Å². The average molecular weight is 479 g/mol. The quantitative estimate of drug-likeness (QED) is 0.405. The van der Waals surface area contributed by atoms with E-state index in [-0.39, 0.29) is 22.6 Å². The molecule has 0 radical (unpaired) electrons. The molecule has 0 bridgehead atoms. The summed E-state index contributed by atoms with van der Waals surface area (Å²) in [7, 11) is -3.81. The first-order valence-electron chi connectivity index (χ1n) is 11.4. The fraction of sp³-hybridized carbons (Fsp3) is 0.296. The molecule has 3 N–H and O–H groups in total. The van der Waals surface area contributed by atoms with Crippen LogP contribution >= 0.6 is 0 Å². The summed E-state index contributed by atoms with van der Waals surface area (Å²) in [4.78, 5) is 12.3. The van der Waals surface area contributed by atoms with E-state index >= 15 is 0 Å². The first-order chi connectivity index (χ1) is 16.0. The lowest BCUT2D eigenvalue weighted by molar-refractivity contribution is 0.0939. The Morgan fingerprint density at radius 3 is 2.35 bits per heavy atom. The third kappa shape index (κ3) is 4.86. The summed E-state index contributed by atoms with van der Waals surface area (Å²) < 4.78 is 28.6. The largest absolute Gasteiger partial charge is 0.388 e. The van der Waals surface area contributed by atoms with Crippen LogP contribution in [-0.4, -0.2) is 19.3 Å². The van der Waals surface area contributed by atoms with Gasteiger partial charge in [-0.2, -0.15) is 0 Å². The van der Waals surface area contributed by atoms with Gasteiger partial charge in [-0.05, 0) is 60.9 Å². The number of aryl methyl sites for hydroxylation is 2. The lowest BCUT2D eigenvalue weighted by atomic mass is 9.90. The second kappa shape index (κ2) is 9.24. The van der Waals surface area contributed by atoms with Crippen LogP contribution in [0.5, 0.6) is 0 Å². The minimum Gasteiger partial charge on any atom is -0.388 e. The SMILES string of the molecule is Cc1ccc(NS(=O)(=O)c2ccc3c(c2)C(O)CC(c2ccc(C(=O)C(C)C)cc2)N3)cc1C. The fourth-order valence-corrected chi connectivity index (χ4v) is 5.25. The lowest BCUT2D eigenvalue weighted by Crippen LogP contribution is -2.22. The molecule has 3 aromatic carbocycles. The molecule has 1 heterocycles. The normalized spacial score (nSPS) is 17.7. The Labute approximate surface area is 201 Å². The Balaban J connectivity index is 1.55. The van der Waals surface area contributed by atoms with Crippen molar-refractivity contribution in [3.8, 4) is 0 Å². The summed E-state index contributed by atoms with van der Waals surface area (Å²) in [6, 6.07) is 17.4. The van der Waals surface area contributed by atoms with Crippen molar-refractivity contribution in [2.45, 2.75) is 51.2 Å². The van der Waals surface area contributed by atoms with Crippen LogP contribution in [0, 0.1) is 19.8 Å². The maximum absolute atomic E-state index is 13.0. The zero-order valence-corrected chi connectivity index (χ0v) is 20.6. The van der Waals surface area contributed by atoms with E-state index in [1.54, 1.807) is 18.2 Å². The van der Waals surface area contributed by atoms with E-state index in [0.29, 0.717) is 28.9 Å². The number of carbonyl (C=O) groups is 1. The van der Waals surface area contributed by atoms with Crippen LogP contribution in [0.15, 0.2) is 65.6 Å². The molecule has 0 aromatic heterocycles. The highest BCUT2D eigenvalue weighted by atomic mass is 32.2. The van der Waals surface area contributed by atoms with Crippen LogP contribution < -0.4 is 10.0 Å². The van der Waals surface area contributed by atoms with E-state index in [1.165, 1.54) is 12.1 Å². The van der Waals surface area contributed by atoms with E-state index in [0.717, 1.165) is 16.7 Å². The average Bonchev–Trinajstić information content (AvgIpc) is 2.80. The molecular formula is C27H30N2O4S. The summed E-state index contributed by atoms with van der Waals surface area (Å²) in [6.07, 6.45) is -0.437. The summed E-state index contributed by atoms with van der Waals surface area (Å²) in [6.45, 7) is 7.65. The fourth-order valence-electron chi connectivity index (χ4n) is 4.16. The molecule has 34 heavy (non-hydrogen) atoms. The van der Waals surface area contributed by atoms with Gasteiger partial charge in [-0.1, -0.05) is 44.2 Å². The van der Waals surface area contributed by atoms with E-state index in [4.69, 9.17) is 0 Å². The first-order valence-corrected chi connectivity index (χ1v) is 12.9. The monoisotopic (exact) mass is 478 g/mol. The maximum Gasteiger partial charge on any atom is 0.261 e. The Bertz CT molecular complexity index is 1330. The molecule has 4 rings (SSSR count). The standard InChI is InChI=1S/C27H30N2O4S/c1-16(2)27(31)20-8-6-19(7-9-20)25-15-26(30)23-14-22(11-12-24(23)28-25)34(32,33)29-21-10-5-17(3)18(4)13-21/h5-14,16,25-26,28-30H,15H2,1-4H3. The van der Waals surface area contributed by atoms with E-state index in [2.05, 4.69) is 10.0 Å². The van der Waals surface area contributed by atoms with Gasteiger partial charge in [0.25, 0.3) is 10.0 Å². The third-order valence-electron chi connectivity index (χ3n) is 6.36. The van der Waals surface area contributed by atoms with Crippen molar-refractivity contribution in [1.29, 1.82) is 0 Å². The minimum atomic E-state index is -3.81. The van der Waals surface area contributed by atoms with Gasteiger partial charge in [0.1, 0.15) is 0 Å². The molecule has 0 saturated carbocycles. The van der Waals surface area contributed by atoms with Crippen molar-refractivity contribution >= 4 is 27.2 Å². The highest BCUT2D eigenvalue weighted by Crippen LogP contribution is 2.40. The molecule has 0 amide bonds. The Morgan fingerprint density at radius 2 is 1.71 bits per heavy atom. The van der Waals surface area contributed by atoms with Crippen molar-refractivity contribution in [2.24, 2.45) is 5.92 Å². The van der Waals surface area contributed by atoms with Crippen LogP contribution in [0.2, 0.25) is 0 Å². The molecule has 2 atom stereocenters. The molecule has 3 aromatic rings. The number of Topliss-reactive ketones (excluding diaryl/α,β-unsaturated/α-hetero) is 1. The third-order valence-corrected chi connectivity index (χ3v) is 7.74. The smallest absolute Gasteiger partial charge is 0.261 e. The van der Waals surface area contributed by atoms with Gasteiger partial charge in [0.2, 0.25) is 0 Å². The number of carbonyl (C=O) groups excluding carboxylic acids is 1. The van der Waals surface area contributed by atoms with Crippen LogP contribution in [0.25, 0.3) is 0 Å². The number of ketones is 1. The first kappa shape index (κ1) is 24.0. The summed E-state index contributed by atoms with van der Waals surface area (Å²) in [5.74, 6) is 0.0269. The van der Waals surface area contributed by atoms with E-state index in [1.807, 2.05) is 58.0 Å². The van der Waals surface area contributed by atoms with Gasteiger partial charge >= 0.3 is 0 Å². The van der Waals surface area contributed by atoms with Crippen molar-refractivity contribution in [3.63, 3.8) is 0 Å². The second-order valence-corrected chi connectivity index (χ2v) is 10.9. The molecule has 0 fully saturated rings. The molecular weight excluding hydrogens is 448 g/mol. The van der Waals surface area contributed by atoms with Crippen LogP contribution in [0.1, 0.15) is 65.0 Å². The number of benzene rings is 3. The molecule has 0 saturated heterocycles. The lowest BCUT2D eigenvalue weighted by Gasteiger charge is -2.31. The summed E-state index contributed by atoms with van der Waals surface area (Å²) in [5.41, 5.74) is 5.44. The highest BCUT2D eigenvalue weighted by molar-refractivity contribution is 7.92. The Hall–Kier alpha value is -3.16. The van der Waals surface area contributed by atoms with Gasteiger partial charge in [0, 0.05) is 34.8 Å².